The first kappa shape index (κ1) is 18.1. The molecule has 0 aliphatic heterocycles. The van der Waals surface area contributed by atoms with Crippen LogP contribution in [0.2, 0.25) is 0 Å². The molecule has 0 aromatic heterocycles. The van der Waals surface area contributed by atoms with Gasteiger partial charge in [-0.2, -0.15) is 0 Å². The SMILES string of the molecule is C=C([SiH2]OC(CC)CCC)[SiH2]OC(CC)CCC. The summed E-state index contributed by atoms with van der Waals surface area (Å²) in [5, 5.41) is 0. The zero-order valence-corrected chi connectivity index (χ0v) is 15.7. The maximum absolute atomic E-state index is 6.01. The third kappa shape index (κ3) is 9.08. The molecule has 0 radical (unpaired) electrons. The first-order chi connectivity index (χ1) is 8.67. The van der Waals surface area contributed by atoms with Crippen LogP contribution in [0.3, 0.4) is 0 Å². The fraction of sp³-hybridized carbons (Fsp3) is 0.857. The molecule has 4 heteroatoms. The summed E-state index contributed by atoms with van der Waals surface area (Å²) in [6.07, 6.45) is 7.98. The highest BCUT2D eigenvalue weighted by atomic mass is 28.3. The Hall–Kier alpha value is 0.0938. The van der Waals surface area contributed by atoms with E-state index in [1.54, 1.807) is 0 Å². The molecule has 0 aliphatic rings. The molecule has 0 rings (SSSR count). The Morgan fingerprint density at radius 2 is 1.28 bits per heavy atom. The van der Waals surface area contributed by atoms with Crippen LogP contribution in [0.1, 0.15) is 66.2 Å². The molecule has 2 atom stereocenters. The lowest BCUT2D eigenvalue weighted by Gasteiger charge is -2.18. The van der Waals surface area contributed by atoms with Crippen LogP contribution in [0.15, 0.2) is 11.4 Å². The average molecular weight is 289 g/mol. The van der Waals surface area contributed by atoms with Crippen LogP contribution in [0.5, 0.6) is 0 Å². The molecule has 0 saturated carbocycles. The van der Waals surface area contributed by atoms with Crippen molar-refractivity contribution < 1.29 is 8.85 Å². The van der Waals surface area contributed by atoms with Crippen molar-refractivity contribution in [3.8, 4) is 0 Å². The molecule has 108 valence electrons. The summed E-state index contributed by atoms with van der Waals surface area (Å²) in [5.74, 6) is 0. The van der Waals surface area contributed by atoms with Crippen LogP contribution in [0.4, 0.5) is 0 Å². The van der Waals surface area contributed by atoms with Gasteiger partial charge in [-0.1, -0.05) is 45.4 Å². The Kier molecular flexibility index (Phi) is 12.2. The van der Waals surface area contributed by atoms with Crippen LogP contribution >= 0.6 is 0 Å². The minimum atomic E-state index is -0.565. The van der Waals surface area contributed by atoms with Crippen molar-refractivity contribution in [1.82, 2.24) is 0 Å². The van der Waals surface area contributed by atoms with E-state index >= 15 is 0 Å². The zero-order chi connectivity index (χ0) is 13.8. The Balaban J connectivity index is 3.75. The maximum Gasteiger partial charge on any atom is 0.186 e. The van der Waals surface area contributed by atoms with E-state index in [0.29, 0.717) is 12.2 Å². The van der Waals surface area contributed by atoms with Gasteiger partial charge in [-0.15, -0.1) is 6.58 Å². The predicted molar refractivity (Wildman–Crippen MR) is 86.4 cm³/mol. The minimum Gasteiger partial charge on any atom is -0.416 e. The molecule has 0 N–H and O–H groups in total. The van der Waals surface area contributed by atoms with Crippen molar-refractivity contribution in [3.63, 3.8) is 0 Å². The van der Waals surface area contributed by atoms with Gasteiger partial charge >= 0.3 is 0 Å². The normalized spacial score (nSPS) is 15.8. The van der Waals surface area contributed by atoms with Crippen LogP contribution in [0, 0.1) is 0 Å². The lowest BCUT2D eigenvalue weighted by Crippen LogP contribution is -2.22. The van der Waals surface area contributed by atoms with E-state index in [0.717, 1.165) is 12.8 Å². The monoisotopic (exact) mass is 288 g/mol. The van der Waals surface area contributed by atoms with E-state index in [1.165, 1.54) is 30.5 Å². The molecule has 2 unspecified atom stereocenters. The molecular weight excluding hydrogens is 256 g/mol. The Bertz CT molecular complexity index is 190. The topological polar surface area (TPSA) is 18.5 Å². The van der Waals surface area contributed by atoms with Crippen molar-refractivity contribution >= 4 is 19.5 Å². The summed E-state index contributed by atoms with van der Waals surface area (Å²) in [4.78, 5) is 1.33. The van der Waals surface area contributed by atoms with Gasteiger partial charge < -0.3 is 8.85 Å². The molecule has 0 bridgehead atoms. The molecule has 0 aromatic rings. The summed E-state index contributed by atoms with van der Waals surface area (Å²) in [6, 6.07) is 0. The second-order valence-corrected chi connectivity index (χ2v) is 9.25. The van der Waals surface area contributed by atoms with Gasteiger partial charge in [-0.05, 0) is 25.7 Å². The molecule has 0 fully saturated rings. The standard InChI is InChI=1S/C14H32O2Si2/c1-6-10-13(8-3)15-17-12(5)18-16-14(9-4)11-7-2/h13-14H,5-11,17-18H2,1-4H3. The lowest BCUT2D eigenvalue weighted by atomic mass is 10.2. The largest absolute Gasteiger partial charge is 0.416 e. The fourth-order valence-corrected chi connectivity index (χ4v) is 4.76. The van der Waals surface area contributed by atoms with Crippen molar-refractivity contribution in [2.24, 2.45) is 0 Å². The molecule has 0 heterocycles. The first-order valence-corrected chi connectivity index (χ1v) is 10.1. The van der Waals surface area contributed by atoms with Gasteiger partial charge in [-0.25, -0.2) is 0 Å². The molecule has 18 heavy (non-hydrogen) atoms. The van der Waals surface area contributed by atoms with Crippen molar-refractivity contribution in [2.75, 3.05) is 0 Å². The van der Waals surface area contributed by atoms with Gasteiger partial charge in [0.15, 0.2) is 19.5 Å². The van der Waals surface area contributed by atoms with E-state index in [4.69, 9.17) is 8.85 Å². The van der Waals surface area contributed by atoms with Gasteiger partial charge in [0, 0.05) is 12.2 Å². The van der Waals surface area contributed by atoms with Crippen LogP contribution in [0.25, 0.3) is 0 Å². The van der Waals surface area contributed by atoms with Gasteiger partial charge in [0.05, 0.1) is 0 Å². The van der Waals surface area contributed by atoms with Crippen molar-refractivity contribution in [2.45, 2.75) is 78.4 Å². The highest BCUT2D eigenvalue weighted by Crippen LogP contribution is 2.09. The van der Waals surface area contributed by atoms with Gasteiger partial charge in [0.25, 0.3) is 0 Å². The smallest absolute Gasteiger partial charge is 0.186 e. The Morgan fingerprint density at radius 1 is 0.889 bits per heavy atom. The molecule has 0 spiro atoms. The van der Waals surface area contributed by atoms with Crippen LogP contribution in [-0.4, -0.2) is 31.7 Å². The van der Waals surface area contributed by atoms with Crippen LogP contribution < -0.4 is 0 Å². The number of hydrogen-bond donors (Lipinski definition) is 0. The highest BCUT2D eigenvalue weighted by molar-refractivity contribution is 6.63. The van der Waals surface area contributed by atoms with E-state index in [9.17, 15) is 0 Å². The molecule has 0 aromatic carbocycles. The quantitative estimate of drug-likeness (QED) is 0.514. The third-order valence-corrected chi connectivity index (χ3v) is 6.50. The summed E-state index contributed by atoms with van der Waals surface area (Å²) >= 11 is 0. The van der Waals surface area contributed by atoms with Gasteiger partial charge in [-0.3, -0.25) is 0 Å². The second-order valence-electron chi connectivity index (χ2n) is 5.01. The van der Waals surface area contributed by atoms with E-state index < -0.39 is 19.5 Å². The van der Waals surface area contributed by atoms with E-state index in [2.05, 4.69) is 34.3 Å². The molecule has 0 saturated heterocycles. The molecule has 2 nitrogen and oxygen atoms in total. The Labute approximate surface area is 118 Å². The summed E-state index contributed by atoms with van der Waals surface area (Å²) in [5.41, 5.74) is 0. The Morgan fingerprint density at radius 3 is 1.56 bits per heavy atom. The predicted octanol–water partition coefficient (Wildman–Crippen LogP) is 2.82. The highest BCUT2D eigenvalue weighted by Gasteiger charge is 2.09. The third-order valence-electron chi connectivity index (χ3n) is 3.18. The minimum absolute atomic E-state index is 0.463. The lowest BCUT2D eigenvalue weighted by molar-refractivity contribution is 0.192. The summed E-state index contributed by atoms with van der Waals surface area (Å²) in [6.45, 7) is 13.0. The maximum atomic E-state index is 6.01. The molecule has 0 amide bonds. The summed E-state index contributed by atoms with van der Waals surface area (Å²) < 4.78 is 12.0. The molecule has 0 aliphatic carbocycles. The van der Waals surface area contributed by atoms with Crippen molar-refractivity contribution in [3.05, 3.63) is 11.4 Å². The summed E-state index contributed by atoms with van der Waals surface area (Å²) in [7, 11) is -1.13. The number of hydrogen-bond acceptors (Lipinski definition) is 2. The van der Waals surface area contributed by atoms with Crippen molar-refractivity contribution in [1.29, 1.82) is 0 Å². The molecular formula is C14H32O2Si2. The van der Waals surface area contributed by atoms with Crippen LogP contribution in [-0.2, 0) is 8.85 Å². The first-order valence-electron chi connectivity index (χ1n) is 7.57. The zero-order valence-electron chi connectivity index (χ0n) is 12.8. The van der Waals surface area contributed by atoms with E-state index in [1.807, 2.05) is 0 Å². The van der Waals surface area contributed by atoms with E-state index in [-0.39, 0.29) is 0 Å². The second kappa shape index (κ2) is 12.1. The van der Waals surface area contributed by atoms with Gasteiger partial charge in [0.1, 0.15) is 0 Å². The number of rotatable bonds is 12. The van der Waals surface area contributed by atoms with Gasteiger partial charge in [0.2, 0.25) is 0 Å². The average Bonchev–Trinajstić information content (AvgIpc) is 2.39. The fourth-order valence-electron chi connectivity index (χ4n) is 1.97.